The number of ether oxygens (including phenoxy) is 3. The summed E-state index contributed by atoms with van der Waals surface area (Å²) in [5, 5.41) is 4.33. The van der Waals surface area contributed by atoms with E-state index in [4.69, 9.17) is 19.2 Å². The third-order valence-corrected chi connectivity index (χ3v) is 7.51. The number of hydrogen-bond acceptors (Lipinski definition) is 7. The third-order valence-electron chi connectivity index (χ3n) is 7.51. The maximum absolute atomic E-state index is 5.82. The van der Waals surface area contributed by atoms with Gasteiger partial charge in [0.2, 0.25) is 0 Å². The average Bonchev–Trinajstić information content (AvgIpc) is 3.35. The van der Waals surface area contributed by atoms with Crippen molar-refractivity contribution in [2.24, 2.45) is 5.41 Å². The van der Waals surface area contributed by atoms with Crippen molar-refractivity contribution in [2.45, 2.75) is 6.42 Å². The largest absolute Gasteiger partial charge is 0.492 e. The van der Waals surface area contributed by atoms with E-state index in [0.717, 1.165) is 81.7 Å². The van der Waals surface area contributed by atoms with Crippen LogP contribution in [0.2, 0.25) is 0 Å². The number of rotatable bonds is 7. The van der Waals surface area contributed by atoms with Gasteiger partial charge in [0.05, 0.1) is 37.6 Å². The molecule has 2 aromatic carbocycles. The van der Waals surface area contributed by atoms with Crippen molar-refractivity contribution in [3.8, 4) is 17.0 Å². The van der Waals surface area contributed by atoms with Crippen LogP contribution < -0.4 is 19.9 Å². The molecule has 1 N–H and O–H groups in total. The van der Waals surface area contributed by atoms with E-state index >= 15 is 0 Å². The Morgan fingerprint density at radius 2 is 1.80 bits per heavy atom. The molecule has 0 atom stereocenters. The quantitative estimate of drug-likeness (QED) is 0.526. The SMILES string of the molecule is CNCCOc1ccc(-c2cc(N3CCC4(COC4)C3)c3ccc(N4CCOCC4)cc3n2)cc1. The van der Waals surface area contributed by atoms with E-state index in [1.165, 1.54) is 23.2 Å². The second kappa shape index (κ2) is 9.64. The molecule has 3 aliphatic heterocycles. The minimum absolute atomic E-state index is 0.329. The summed E-state index contributed by atoms with van der Waals surface area (Å²) in [6, 6.07) is 17.3. The highest BCUT2D eigenvalue weighted by molar-refractivity contribution is 5.96. The molecule has 0 unspecified atom stereocenters. The molecule has 3 saturated heterocycles. The fraction of sp³-hybridized carbons (Fsp3) is 0.464. The van der Waals surface area contributed by atoms with Crippen LogP contribution in [0, 0.1) is 5.41 Å². The molecule has 7 heteroatoms. The molecule has 0 amide bonds. The summed E-state index contributed by atoms with van der Waals surface area (Å²) in [4.78, 5) is 10.1. The van der Waals surface area contributed by atoms with Gasteiger partial charge in [-0.05, 0) is 62.0 Å². The van der Waals surface area contributed by atoms with Gasteiger partial charge in [-0.2, -0.15) is 0 Å². The molecule has 3 aromatic rings. The summed E-state index contributed by atoms with van der Waals surface area (Å²) in [6.45, 7) is 8.74. The highest BCUT2D eigenvalue weighted by atomic mass is 16.5. The molecule has 3 fully saturated rings. The summed E-state index contributed by atoms with van der Waals surface area (Å²) in [5.74, 6) is 0.881. The lowest BCUT2D eigenvalue weighted by molar-refractivity contribution is -0.0985. The van der Waals surface area contributed by atoms with E-state index in [2.05, 4.69) is 51.5 Å². The van der Waals surface area contributed by atoms with Crippen molar-refractivity contribution < 1.29 is 14.2 Å². The zero-order chi connectivity index (χ0) is 23.7. The number of aromatic nitrogens is 1. The molecule has 1 aromatic heterocycles. The number of anilines is 2. The van der Waals surface area contributed by atoms with Crippen molar-refractivity contribution >= 4 is 22.3 Å². The van der Waals surface area contributed by atoms with Crippen LogP contribution >= 0.6 is 0 Å². The Labute approximate surface area is 207 Å². The maximum atomic E-state index is 5.82. The number of morpholine rings is 1. The number of fused-ring (bicyclic) bond motifs is 1. The highest BCUT2D eigenvalue weighted by Gasteiger charge is 2.44. The van der Waals surface area contributed by atoms with Crippen LogP contribution in [0.4, 0.5) is 11.4 Å². The van der Waals surface area contributed by atoms with E-state index in [1.54, 1.807) is 0 Å². The van der Waals surface area contributed by atoms with Crippen LogP contribution in [-0.4, -0.2) is 77.8 Å². The lowest BCUT2D eigenvalue weighted by Crippen LogP contribution is -2.44. The first-order valence-corrected chi connectivity index (χ1v) is 12.7. The summed E-state index contributed by atoms with van der Waals surface area (Å²) >= 11 is 0. The van der Waals surface area contributed by atoms with Gasteiger partial charge in [-0.25, -0.2) is 4.98 Å². The molecule has 0 bridgehead atoms. The fourth-order valence-electron chi connectivity index (χ4n) is 5.39. The van der Waals surface area contributed by atoms with Gasteiger partial charge >= 0.3 is 0 Å². The summed E-state index contributed by atoms with van der Waals surface area (Å²) in [7, 11) is 1.93. The van der Waals surface area contributed by atoms with E-state index in [-0.39, 0.29) is 0 Å². The van der Waals surface area contributed by atoms with E-state index in [0.29, 0.717) is 12.0 Å². The van der Waals surface area contributed by atoms with Crippen LogP contribution in [0.15, 0.2) is 48.5 Å². The molecule has 0 saturated carbocycles. The van der Waals surface area contributed by atoms with Gasteiger partial charge in [-0.15, -0.1) is 0 Å². The zero-order valence-electron chi connectivity index (χ0n) is 20.5. The van der Waals surface area contributed by atoms with Gasteiger partial charge in [0.15, 0.2) is 0 Å². The van der Waals surface area contributed by atoms with E-state index in [9.17, 15) is 0 Å². The van der Waals surface area contributed by atoms with Crippen molar-refractivity contribution in [3.05, 3.63) is 48.5 Å². The Hall–Kier alpha value is -2.87. The van der Waals surface area contributed by atoms with Crippen LogP contribution in [0.25, 0.3) is 22.2 Å². The highest BCUT2D eigenvalue weighted by Crippen LogP contribution is 2.42. The molecular weight excluding hydrogens is 440 g/mol. The van der Waals surface area contributed by atoms with Crippen molar-refractivity contribution in [1.29, 1.82) is 0 Å². The normalized spacial score (nSPS) is 19.3. The number of likely N-dealkylation sites (N-methyl/N-ethyl adjacent to an activating group) is 1. The molecular formula is C28H34N4O3. The van der Waals surface area contributed by atoms with E-state index < -0.39 is 0 Å². The Morgan fingerprint density at radius 1 is 0.971 bits per heavy atom. The third kappa shape index (κ3) is 4.56. The van der Waals surface area contributed by atoms with Crippen molar-refractivity contribution in [3.63, 3.8) is 0 Å². The molecule has 184 valence electrons. The predicted octanol–water partition coefficient (Wildman–Crippen LogP) is 3.56. The summed E-state index contributed by atoms with van der Waals surface area (Å²) in [6.07, 6.45) is 1.19. The summed E-state index contributed by atoms with van der Waals surface area (Å²) in [5.41, 5.74) is 5.97. The lowest BCUT2D eigenvalue weighted by atomic mass is 9.85. The molecule has 35 heavy (non-hydrogen) atoms. The van der Waals surface area contributed by atoms with Gasteiger partial charge in [0.25, 0.3) is 0 Å². The number of hydrogen-bond donors (Lipinski definition) is 1. The van der Waals surface area contributed by atoms with Crippen LogP contribution in [-0.2, 0) is 9.47 Å². The van der Waals surface area contributed by atoms with Gasteiger partial charge in [-0.3, -0.25) is 0 Å². The van der Waals surface area contributed by atoms with Crippen LogP contribution in [0.3, 0.4) is 0 Å². The predicted molar refractivity (Wildman–Crippen MR) is 140 cm³/mol. The monoisotopic (exact) mass is 474 g/mol. The second-order valence-corrected chi connectivity index (χ2v) is 9.97. The standard InChI is InChI=1S/C28H34N4O3/c1-29-9-13-35-23-5-2-21(3-6-23)25-17-27(32-10-8-28(18-32)19-34-20-28)24-7-4-22(16-26(24)30-25)31-11-14-33-15-12-31/h2-7,16-17,29H,8-15,18-20H2,1H3. The molecule has 0 aliphatic carbocycles. The Bertz CT molecular complexity index is 1170. The Morgan fingerprint density at radius 3 is 2.51 bits per heavy atom. The number of pyridine rings is 1. The first-order chi connectivity index (χ1) is 17.2. The van der Waals surface area contributed by atoms with Crippen LogP contribution in [0.1, 0.15) is 6.42 Å². The molecule has 0 radical (unpaired) electrons. The number of benzene rings is 2. The van der Waals surface area contributed by atoms with Crippen LogP contribution in [0.5, 0.6) is 5.75 Å². The average molecular weight is 475 g/mol. The molecule has 6 rings (SSSR count). The smallest absolute Gasteiger partial charge is 0.119 e. The Kier molecular flexibility index (Phi) is 6.22. The van der Waals surface area contributed by atoms with Crippen molar-refractivity contribution in [1.82, 2.24) is 10.3 Å². The molecule has 4 heterocycles. The second-order valence-electron chi connectivity index (χ2n) is 9.97. The number of nitrogens with one attached hydrogen (secondary N) is 1. The zero-order valence-corrected chi connectivity index (χ0v) is 20.5. The van der Waals surface area contributed by atoms with Gasteiger partial charge in [-0.1, -0.05) is 0 Å². The van der Waals surface area contributed by atoms with E-state index in [1.807, 2.05) is 19.2 Å². The summed E-state index contributed by atoms with van der Waals surface area (Å²) < 4.78 is 17.0. The van der Waals surface area contributed by atoms with Gasteiger partial charge < -0.3 is 29.3 Å². The molecule has 7 nitrogen and oxygen atoms in total. The number of nitrogens with zero attached hydrogens (tertiary/aromatic N) is 3. The minimum Gasteiger partial charge on any atom is -0.492 e. The topological polar surface area (TPSA) is 59.1 Å². The van der Waals surface area contributed by atoms with Crippen molar-refractivity contribution in [2.75, 3.05) is 82.6 Å². The first-order valence-electron chi connectivity index (χ1n) is 12.7. The lowest BCUT2D eigenvalue weighted by Gasteiger charge is -2.38. The van der Waals surface area contributed by atoms with Gasteiger partial charge in [0, 0.05) is 60.5 Å². The first kappa shape index (κ1) is 22.6. The minimum atomic E-state index is 0.329. The Balaban J connectivity index is 1.36. The van der Waals surface area contributed by atoms with Gasteiger partial charge in [0.1, 0.15) is 12.4 Å². The molecule has 1 spiro atoms. The molecule has 3 aliphatic rings. The fourth-order valence-corrected chi connectivity index (χ4v) is 5.39. The maximum Gasteiger partial charge on any atom is 0.119 e.